The van der Waals surface area contributed by atoms with Gasteiger partial charge in [-0.3, -0.25) is 9.59 Å². The van der Waals surface area contributed by atoms with Crippen molar-refractivity contribution in [3.63, 3.8) is 0 Å². The number of amides is 2. The van der Waals surface area contributed by atoms with Crippen molar-refractivity contribution >= 4 is 23.2 Å². The van der Waals surface area contributed by atoms with E-state index in [-0.39, 0.29) is 17.6 Å². The van der Waals surface area contributed by atoms with Crippen molar-refractivity contribution in [2.45, 2.75) is 26.4 Å². The predicted octanol–water partition coefficient (Wildman–Crippen LogP) is 3.06. The van der Waals surface area contributed by atoms with Crippen LogP contribution in [-0.2, 0) is 4.79 Å². The summed E-state index contributed by atoms with van der Waals surface area (Å²) in [5.74, 6) is 0.456. The van der Waals surface area contributed by atoms with Crippen molar-refractivity contribution in [3.8, 4) is 5.75 Å². The van der Waals surface area contributed by atoms with E-state index in [0.29, 0.717) is 23.7 Å². The minimum atomic E-state index is -0.502. The van der Waals surface area contributed by atoms with Gasteiger partial charge in [0.15, 0.2) is 11.9 Å². The lowest BCUT2D eigenvalue weighted by Crippen LogP contribution is -2.44. The number of nitrogens with one attached hydrogen (secondary N) is 1. The molecule has 1 aromatic heterocycles. The van der Waals surface area contributed by atoms with Crippen LogP contribution in [0.5, 0.6) is 5.75 Å². The standard InChI is InChI=1S/C17H18N2O4/c1-3-8-19-13-10-12(18-16(20)15-5-4-9-22-15)6-7-14(13)23-11(2)17(19)21/h4-7,9-11H,3,8H2,1-2H3,(H,18,20). The molecule has 1 aromatic carbocycles. The van der Waals surface area contributed by atoms with Gasteiger partial charge in [-0.2, -0.15) is 0 Å². The number of fused-ring (bicyclic) bond motifs is 1. The van der Waals surface area contributed by atoms with E-state index < -0.39 is 6.10 Å². The average molecular weight is 314 g/mol. The molecular formula is C17H18N2O4. The molecule has 0 spiro atoms. The SMILES string of the molecule is CCCN1C(=O)C(C)Oc2ccc(NC(=O)c3ccco3)cc21. The molecular weight excluding hydrogens is 296 g/mol. The number of hydrogen-bond donors (Lipinski definition) is 1. The molecule has 0 saturated heterocycles. The molecule has 0 aliphatic carbocycles. The zero-order valence-corrected chi connectivity index (χ0v) is 13.0. The molecule has 0 radical (unpaired) electrons. The third kappa shape index (κ3) is 2.92. The van der Waals surface area contributed by atoms with Crippen molar-refractivity contribution < 1.29 is 18.7 Å². The summed E-state index contributed by atoms with van der Waals surface area (Å²) in [6.45, 7) is 4.35. The van der Waals surface area contributed by atoms with E-state index in [9.17, 15) is 9.59 Å². The Morgan fingerprint density at radius 1 is 1.35 bits per heavy atom. The molecule has 23 heavy (non-hydrogen) atoms. The van der Waals surface area contributed by atoms with E-state index in [2.05, 4.69) is 5.32 Å². The molecule has 1 aliphatic rings. The number of benzene rings is 1. The van der Waals surface area contributed by atoms with Crippen LogP contribution < -0.4 is 15.0 Å². The highest BCUT2D eigenvalue weighted by Gasteiger charge is 2.31. The minimum absolute atomic E-state index is 0.0751. The van der Waals surface area contributed by atoms with Crippen LogP contribution in [0.1, 0.15) is 30.8 Å². The van der Waals surface area contributed by atoms with Crippen LogP contribution in [0.25, 0.3) is 0 Å². The van der Waals surface area contributed by atoms with Crippen molar-refractivity contribution in [1.29, 1.82) is 0 Å². The lowest BCUT2D eigenvalue weighted by Gasteiger charge is -2.33. The topological polar surface area (TPSA) is 71.8 Å². The lowest BCUT2D eigenvalue weighted by molar-refractivity contribution is -0.125. The van der Waals surface area contributed by atoms with E-state index in [4.69, 9.17) is 9.15 Å². The summed E-state index contributed by atoms with van der Waals surface area (Å²) in [6.07, 6.45) is 1.78. The van der Waals surface area contributed by atoms with Gasteiger partial charge in [0.05, 0.1) is 12.0 Å². The monoisotopic (exact) mass is 314 g/mol. The highest BCUT2D eigenvalue weighted by molar-refractivity contribution is 6.04. The summed E-state index contributed by atoms with van der Waals surface area (Å²) in [5.41, 5.74) is 1.25. The number of carbonyl (C=O) groups excluding carboxylic acids is 2. The van der Waals surface area contributed by atoms with Crippen molar-refractivity contribution in [1.82, 2.24) is 0 Å². The molecule has 6 nitrogen and oxygen atoms in total. The smallest absolute Gasteiger partial charge is 0.291 e. The molecule has 2 amide bonds. The van der Waals surface area contributed by atoms with Gasteiger partial charge in [-0.05, 0) is 43.7 Å². The molecule has 2 heterocycles. The van der Waals surface area contributed by atoms with Gasteiger partial charge in [0.25, 0.3) is 11.8 Å². The van der Waals surface area contributed by atoms with Crippen molar-refractivity contribution in [2.75, 3.05) is 16.8 Å². The molecule has 1 atom stereocenters. The Labute approximate surface area is 134 Å². The molecule has 2 aromatic rings. The summed E-state index contributed by atoms with van der Waals surface area (Å²) in [5, 5.41) is 2.76. The average Bonchev–Trinajstić information content (AvgIpc) is 3.07. The fourth-order valence-electron chi connectivity index (χ4n) is 2.54. The van der Waals surface area contributed by atoms with Crippen LogP contribution in [0.4, 0.5) is 11.4 Å². The summed E-state index contributed by atoms with van der Waals surface area (Å²) in [4.78, 5) is 26.0. The lowest BCUT2D eigenvalue weighted by atomic mass is 10.1. The largest absolute Gasteiger partial charge is 0.479 e. The van der Waals surface area contributed by atoms with Crippen LogP contribution in [0.15, 0.2) is 41.0 Å². The maximum atomic E-state index is 12.3. The number of nitrogens with zero attached hydrogens (tertiary/aromatic N) is 1. The van der Waals surface area contributed by atoms with Crippen LogP contribution in [0.2, 0.25) is 0 Å². The first kappa shape index (κ1) is 15.1. The Hall–Kier alpha value is -2.76. The maximum absolute atomic E-state index is 12.3. The molecule has 3 rings (SSSR count). The summed E-state index contributed by atoms with van der Waals surface area (Å²) >= 11 is 0. The van der Waals surface area contributed by atoms with Gasteiger partial charge in [-0.15, -0.1) is 0 Å². The third-order valence-electron chi connectivity index (χ3n) is 3.62. The Morgan fingerprint density at radius 3 is 2.87 bits per heavy atom. The fourth-order valence-corrected chi connectivity index (χ4v) is 2.54. The molecule has 120 valence electrons. The predicted molar refractivity (Wildman–Crippen MR) is 85.8 cm³/mol. The van der Waals surface area contributed by atoms with E-state index in [1.165, 1.54) is 6.26 Å². The van der Waals surface area contributed by atoms with Crippen LogP contribution in [0.3, 0.4) is 0 Å². The molecule has 6 heteroatoms. The second-order valence-electron chi connectivity index (χ2n) is 5.36. The fraction of sp³-hybridized carbons (Fsp3) is 0.294. The van der Waals surface area contributed by atoms with Gasteiger partial charge in [0.2, 0.25) is 0 Å². The number of ether oxygens (including phenoxy) is 1. The zero-order valence-electron chi connectivity index (χ0n) is 13.0. The Balaban J connectivity index is 1.88. The van der Waals surface area contributed by atoms with Crippen LogP contribution >= 0.6 is 0 Å². The van der Waals surface area contributed by atoms with E-state index in [1.54, 1.807) is 42.2 Å². The van der Waals surface area contributed by atoms with Gasteiger partial charge in [0.1, 0.15) is 5.75 Å². The van der Waals surface area contributed by atoms with Crippen LogP contribution in [-0.4, -0.2) is 24.5 Å². The number of carbonyl (C=O) groups is 2. The third-order valence-corrected chi connectivity index (χ3v) is 3.62. The first-order chi connectivity index (χ1) is 11.1. The van der Waals surface area contributed by atoms with E-state index >= 15 is 0 Å². The second kappa shape index (κ2) is 6.16. The quantitative estimate of drug-likeness (QED) is 0.941. The number of furan rings is 1. The summed E-state index contributed by atoms with van der Waals surface area (Å²) in [7, 11) is 0. The van der Waals surface area contributed by atoms with Crippen LogP contribution in [0, 0.1) is 0 Å². The van der Waals surface area contributed by atoms with Gasteiger partial charge < -0.3 is 19.4 Å². The minimum Gasteiger partial charge on any atom is -0.479 e. The van der Waals surface area contributed by atoms with Gasteiger partial charge in [-0.1, -0.05) is 6.92 Å². The van der Waals surface area contributed by atoms with E-state index in [1.807, 2.05) is 6.92 Å². The zero-order chi connectivity index (χ0) is 16.4. The summed E-state index contributed by atoms with van der Waals surface area (Å²) in [6, 6.07) is 8.49. The highest BCUT2D eigenvalue weighted by atomic mass is 16.5. The van der Waals surface area contributed by atoms with E-state index in [0.717, 1.165) is 6.42 Å². The Kier molecular flexibility index (Phi) is 4.06. The van der Waals surface area contributed by atoms with Crippen molar-refractivity contribution in [2.24, 2.45) is 0 Å². The van der Waals surface area contributed by atoms with Crippen molar-refractivity contribution in [3.05, 3.63) is 42.4 Å². The summed E-state index contributed by atoms with van der Waals surface area (Å²) < 4.78 is 10.7. The Bertz CT molecular complexity index is 724. The number of rotatable bonds is 4. The second-order valence-corrected chi connectivity index (χ2v) is 5.36. The maximum Gasteiger partial charge on any atom is 0.291 e. The Morgan fingerprint density at radius 2 is 2.17 bits per heavy atom. The molecule has 1 unspecified atom stereocenters. The normalized spacial score (nSPS) is 16.7. The molecule has 1 N–H and O–H groups in total. The van der Waals surface area contributed by atoms with Gasteiger partial charge in [-0.25, -0.2) is 0 Å². The molecule has 0 saturated carbocycles. The first-order valence-corrected chi connectivity index (χ1v) is 7.57. The molecule has 0 bridgehead atoms. The molecule has 1 aliphatic heterocycles. The van der Waals surface area contributed by atoms with Gasteiger partial charge in [0, 0.05) is 12.2 Å². The first-order valence-electron chi connectivity index (χ1n) is 7.57. The van der Waals surface area contributed by atoms with Gasteiger partial charge >= 0.3 is 0 Å². The highest BCUT2D eigenvalue weighted by Crippen LogP contribution is 2.36. The molecule has 0 fully saturated rings. The number of hydrogen-bond acceptors (Lipinski definition) is 4. The number of anilines is 2.